The van der Waals surface area contributed by atoms with Crippen molar-refractivity contribution in [3.05, 3.63) is 35.4 Å². The summed E-state index contributed by atoms with van der Waals surface area (Å²) in [6, 6.07) is 8.01. The Morgan fingerprint density at radius 1 is 1.31 bits per heavy atom. The van der Waals surface area contributed by atoms with Crippen LogP contribution in [0.4, 0.5) is 5.69 Å². The van der Waals surface area contributed by atoms with E-state index in [-0.39, 0.29) is 0 Å². The molecule has 0 saturated carbocycles. The lowest BCUT2D eigenvalue weighted by atomic mass is 9.94. The first-order valence-corrected chi connectivity index (χ1v) is 5.24. The number of hydrogen-bond donors (Lipinski definition) is 0. The smallest absolute Gasteiger partial charge is 0.124 e. The SMILES string of the molecule is O=CCC1=C2C(=Nc3ccccc32)CN=C1. The minimum Gasteiger partial charge on any atom is -0.303 e. The average Bonchev–Trinajstić information content (AvgIpc) is 2.68. The molecule has 78 valence electrons. The highest BCUT2D eigenvalue weighted by Gasteiger charge is 2.24. The van der Waals surface area contributed by atoms with Gasteiger partial charge in [0.1, 0.15) is 6.29 Å². The van der Waals surface area contributed by atoms with Gasteiger partial charge in [-0.15, -0.1) is 0 Å². The molecular formula is C13H10N2O. The second-order valence-corrected chi connectivity index (χ2v) is 3.82. The van der Waals surface area contributed by atoms with Gasteiger partial charge in [0.2, 0.25) is 0 Å². The molecule has 0 spiro atoms. The highest BCUT2D eigenvalue weighted by atomic mass is 16.1. The van der Waals surface area contributed by atoms with Gasteiger partial charge in [-0.25, -0.2) is 0 Å². The van der Waals surface area contributed by atoms with E-state index in [9.17, 15) is 4.79 Å². The summed E-state index contributed by atoms with van der Waals surface area (Å²) in [6.07, 6.45) is 3.12. The number of carbonyl (C=O) groups excluding carboxylic acids is 1. The third-order valence-electron chi connectivity index (χ3n) is 2.83. The molecule has 16 heavy (non-hydrogen) atoms. The van der Waals surface area contributed by atoms with Crippen LogP contribution in [0.2, 0.25) is 0 Å². The van der Waals surface area contributed by atoms with Crippen LogP contribution in [0.5, 0.6) is 0 Å². The molecule has 0 unspecified atom stereocenters. The van der Waals surface area contributed by atoms with Gasteiger partial charge in [0.15, 0.2) is 0 Å². The van der Waals surface area contributed by atoms with Gasteiger partial charge >= 0.3 is 0 Å². The van der Waals surface area contributed by atoms with Crippen LogP contribution in [0.1, 0.15) is 12.0 Å². The number of benzene rings is 1. The third-order valence-corrected chi connectivity index (χ3v) is 2.83. The number of aldehydes is 1. The molecular weight excluding hydrogens is 200 g/mol. The zero-order valence-corrected chi connectivity index (χ0v) is 8.68. The molecule has 2 aliphatic rings. The zero-order valence-electron chi connectivity index (χ0n) is 8.68. The molecule has 3 nitrogen and oxygen atoms in total. The molecule has 0 aliphatic carbocycles. The molecule has 3 rings (SSSR count). The lowest BCUT2D eigenvalue weighted by molar-refractivity contribution is -0.107. The number of hydrogen-bond acceptors (Lipinski definition) is 3. The topological polar surface area (TPSA) is 41.8 Å². The second-order valence-electron chi connectivity index (χ2n) is 3.82. The van der Waals surface area contributed by atoms with Gasteiger partial charge in [-0.05, 0) is 11.6 Å². The number of carbonyl (C=O) groups is 1. The predicted molar refractivity (Wildman–Crippen MR) is 64.5 cm³/mol. The third kappa shape index (κ3) is 1.25. The Kier molecular flexibility index (Phi) is 2.03. The fraction of sp³-hybridized carbons (Fsp3) is 0.154. The van der Waals surface area contributed by atoms with Crippen molar-refractivity contribution in [3.63, 3.8) is 0 Å². The van der Waals surface area contributed by atoms with Crippen molar-refractivity contribution in [2.24, 2.45) is 9.98 Å². The quantitative estimate of drug-likeness (QED) is 0.690. The lowest BCUT2D eigenvalue weighted by Crippen LogP contribution is -2.11. The number of allylic oxidation sites excluding steroid dienone is 1. The van der Waals surface area contributed by atoms with E-state index in [0.29, 0.717) is 13.0 Å². The Bertz CT molecular complexity index is 553. The number of aliphatic imine (C=N–C) groups is 2. The summed E-state index contributed by atoms with van der Waals surface area (Å²) in [6.45, 7) is 0.617. The Morgan fingerprint density at radius 2 is 2.19 bits per heavy atom. The summed E-state index contributed by atoms with van der Waals surface area (Å²) in [4.78, 5) is 19.4. The van der Waals surface area contributed by atoms with Crippen molar-refractivity contribution in [3.8, 4) is 0 Å². The molecule has 1 aromatic carbocycles. The van der Waals surface area contributed by atoms with Gasteiger partial charge in [-0.1, -0.05) is 18.2 Å². The molecule has 0 fully saturated rings. The number of dihydropyridines is 1. The van der Waals surface area contributed by atoms with E-state index in [0.717, 1.165) is 34.4 Å². The zero-order chi connectivity index (χ0) is 11.0. The highest BCUT2D eigenvalue weighted by Crippen LogP contribution is 2.37. The molecule has 0 atom stereocenters. The first-order chi connectivity index (χ1) is 7.90. The molecule has 0 aromatic heterocycles. The Labute approximate surface area is 93.2 Å². The van der Waals surface area contributed by atoms with Crippen LogP contribution < -0.4 is 0 Å². The monoisotopic (exact) mass is 210 g/mol. The van der Waals surface area contributed by atoms with Crippen molar-refractivity contribution >= 4 is 29.5 Å². The first kappa shape index (κ1) is 9.21. The molecule has 2 heterocycles. The second kappa shape index (κ2) is 3.52. The fourth-order valence-corrected chi connectivity index (χ4v) is 2.16. The largest absolute Gasteiger partial charge is 0.303 e. The maximum Gasteiger partial charge on any atom is 0.124 e. The fourth-order valence-electron chi connectivity index (χ4n) is 2.16. The van der Waals surface area contributed by atoms with Gasteiger partial charge in [0, 0.05) is 23.8 Å². The summed E-state index contributed by atoms with van der Waals surface area (Å²) in [5.74, 6) is 0. The van der Waals surface area contributed by atoms with E-state index in [4.69, 9.17) is 0 Å². The standard InChI is InChI=1S/C13H10N2O/c16-6-5-9-7-14-8-12-13(9)10-3-1-2-4-11(10)15-12/h1-4,6-7H,5,8H2. The van der Waals surface area contributed by atoms with Crippen molar-refractivity contribution in [2.45, 2.75) is 6.42 Å². The first-order valence-electron chi connectivity index (χ1n) is 5.24. The Hall–Kier alpha value is -2.03. The van der Waals surface area contributed by atoms with Gasteiger partial charge in [0.25, 0.3) is 0 Å². The Balaban J connectivity index is 2.22. The van der Waals surface area contributed by atoms with Crippen LogP contribution in [0, 0.1) is 0 Å². The molecule has 2 aliphatic heterocycles. The molecule has 0 bridgehead atoms. The molecule has 0 N–H and O–H groups in total. The minimum absolute atomic E-state index is 0.409. The van der Waals surface area contributed by atoms with Crippen LogP contribution in [0.3, 0.4) is 0 Å². The molecule has 0 radical (unpaired) electrons. The van der Waals surface area contributed by atoms with Crippen LogP contribution in [0.15, 0.2) is 39.8 Å². The van der Waals surface area contributed by atoms with E-state index >= 15 is 0 Å². The number of rotatable bonds is 2. The van der Waals surface area contributed by atoms with Gasteiger partial charge in [-0.3, -0.25) is 9.98 Å². The van der Waals surface area contributed by atoms with Crippen LogP contribution >= 0.6 is 0 Å². The maximum absolute atomic E-state index is 10.6. The summed E-state index contributed by atoms with van der Waals surface area (Å²) in [5.41, 5.74) is 5.19. The van der Waals surface area contributed by atoms with Crippen molar-refractivity contribution in [2.75, 3.05) is 6.54 Å². The number of para-hydroxylation sites is 1. The molecule has 0 amide bonds. The average molecular weight is 210 g/mol. The minimum atomic E-state index is 0.409. The Morgan fingerprint density at radius 3 is 3.06 bits per heavy atom. The summed E-state index contributed by atoms with van der Waals surface area (Å²) >= 11 is 0. The number of fused-ring (bicyclic) bond motifs is 3. The van der Waals surface area contributed by atoms with E-state index in [2.05, 4.69) is 9.98 Å². The van der Waals surface area contributed by atoms with Crippen LogP contribution in [-0.2, 0) is 4.79 Å². The summed E-state index contributed by atoms with van der Waals surface area (Å²) in [7, 11) is 0. The van der Waals surface area contributed by atoms with E-state index < -0.39 is 0 Å². The highest BCUT2D eigenvalue weighted by molar-refractivity contribution is 6.34. The van der Waals surface area contributed by atoms with E-state index in [1.807, 2.05) is 24.3 Å². The lowest BCUT2D eigenvalue weighted by Gasteiger charge is -2.11. The molecule has 3 heteroatoms. The van der Waals surface area contributed by atoms with Gasteiger partial charge in [0.05, 0.1) is 17.9 Å². The molecule has 0 saturated heterocycles. The van der Waals surface area contributed by atoms with Crippen molar-refractivity contribution in [1.82, 2.24) is 0 Å². The van der Waals surface area contributed by atoms with E-state index in [1.54, 1.807) is 6.21 Å². The van der Waals surface area contributed by atoms with Crippen molar-refractivity contribution < 1.29 is 4.79 Å². The summed E-state index contributed by atoms with van der Waals surface area (Å²) in [5, 5.41) is 0. The van der Waals surface area contributed by atoms with Crippen LogP contribution in [-0.4, -0.2) is 24.8 Å². The van der Waals surface area contributed by atoms with Gasteiger partial charge in [-0.2, -0.15) is 0 Å². The van der Waals surface area contributed by atoms with E-state index in [1.165, 1.54) is 0 Å². The maximum atomic E-state index is 10.6. The summed E-state index contributed by atoms with van der Waals surface area (Å²) < 4.78 is 0. The normalized spacial score (nSPS) is 16.9. The predicted octanol–water partition coefficient (Wildman–Crippen LogP) is 2.20. The number of nitrogens with zero attached hydrogens (tertiary/aromatic N) is 2. The molecule has 1 aromatic rings. The van der Waals surface area contributed by atoms with Gasteiger partial charge < -0.3 is 4.79 Å². The van der Waals surface area contributed by atoms with Crippen molar-refractivity contribution in [1.29, 1.82) is 0 Å². The van der Waals surface area contributed by atoms with Crippen LogP contribution in [0.25, 0.3) is 5.57 Å².